The van der Waals surface area contributed by atoms with E-state index in [4.69, 9.17) is 9.84 Å². The molecule has 0 radical (unpaired) electrons. The number of aliphatic hydroxyl groups is 1. The highest BCUT2D eigenvalue weighted by Crippen LogP contribution is 2.29. The summed E-state index contributed by atoms with van der Waals surface area (Å²) in [4.78, 5) is 16.9. The van der Waals surface area contributed by atoms with Crippen LogP contribution in [0.25, 0.3) is 11.1 Å². The van der Waals surface area contributed by atoms with Gasteiger partial charge >= 0.3 is 6.09 Å². The largest absolute Gasteiger partial charge is 0.441 e. The van der Waals surface area contributed by atoms with Gasteiger partial charge in [0.25, 0.3) is 0 Å². The van der Waals surface area contributed by atoms with Crippen LogP contribution in [0.15, 0.2) is 36.5 Å². The SMILES string of the molecule is Cc1cc(N2CC(CO)OC2=O)ccc1-c1ccc(F)nc1. The molecule has 0 bridgehead atoms. The average molecular weight is 302 g/mol. The Balaban J connectivity index is 1.89. The Labute approximate surface area is 127 Å². The Hall–Kier alpha value is -2.47. The second-order valence-corrected chi connectivity index (χ2v) is 5.17. The lowest BCUT2D eigenvalue weighted by Crippen LogP contribution is -2.25. The van der Waals surface area contributed by atoms with Crippen molar-refractivity contribution in [1.82, 2.24) is 4.98 Å². The number of amides is 1. The molecular formula is C16H15FN2O3. The number of aryl methyl sites for hydroxylation is 1. The summed E-state index contributed by atoms with van der Waals surface area (Å²) in [5, 5.41) is 9.08. The van der Waals surface area contributed by atoms with Crippen molar-refractivity contribution >= 4 is 11.8 Å². The van der Waals surface area contributed by atoms with E-state index in [0.717, 1.165) is 16.7 Å². The average Bonchev–Trinajstić information content (AvgIpc) is 2.89. The van der Waals surface area contributed by atoms with Crippen molar-refractivity contribution in [2.24, 2.45) is 0 Å². The first-order valence-electron chi connectivity index (χ1n) is 6.90. The molecule has 1 atom stereocenters. The summed E-state index contributed by atoms with van der Waals surface area (Å²) in [5.41, 5.74) is 3.37. The highest BCUT2D eigenvalue weighted by Gasteiger charge is 2.31. The summed E-state index contributed by atoms with van der Waals surface area (Å²) in [6, 6.07) is 8.49. The predicted octanol–water partition coefficient (Wildman–Crippen LogP) is 2.51. The zero-order valence-electron chi connectivity index (χ0n) is 12.0. The normalized spacial score (nSPS) is 17.7. The number of carbonyl (C=O) groups excluding carboxylic acids is 1. The Morgan fingerprint density at radius 1 is 1.41 bits per heavy atom. The number of carbonyl (C=O) groups is 1. The van der Waals surface area contributed by atoms with Crippen molar-refractivity contribution in [2.75, 3.05) is 18.1 Å². The molecular weight excluding hydrogens is 287 g/mol. The van der Waals surface area contributed by atoms with Gasteiger partial charge in [-0.1, -0.05) is 6.07 Å². The maximum absolute atomic E-state index is 12.9. The van der Waals surface area contributed by atoms with E-state index < -0.39 is 18.1 Å². The number of nitrogens with zero attached hydrogens (tertiary/aromatic N) is 2. The van der Waals surface area contributed by atoms with Gasteiger partial charge in [-0.15, -0.1) is 0 Å². The molecule has 114 valence electrons. The summed E-state index contributed by atoms with van der Waals surface area (Å²) in [6.07, 6.45) is 0.520. The van der Waals surface area contributed by atoms with Crippen LogP contribution in [0, 0.1) is 12.9 Å². The number of cyclic esters (lactones) is 1. The minimum Gasteiger partial charge on any atom is -0.441 e. The molecule has 1 saturated heterocycles. The van der Waals surface area contributed by atoms with E-state index in [-0.39, 0.29) is 6.61 Å². The number of aliphatic hydroxyl groups excluding tert-OH is 1. The number of hydrogen-bond donors (Lipinski definition) is 1. The van der Waals surface area contributed by atoms with Gasteiger partial charge in [0.05, 0.1) is 13.2 Å². The molecule has 5 nitrogen and oxygen atoms in total. The molecule has 3 rings (SSSR count). The Kier molecular flexibility index (Phi) is 3.77. The Morgan fingerprint density at radius 2 is 2.23 bits per heavy atom. The first-order chi connectivity index (χ1) is 10.6. The van der Waals surface area contributed by atoms with Crippen molar-refractivity contribution in [3.63, 3.8) is 0 Å². The topological polar surface area (TPSA) is 62.7 Å². The van der Waals surface area contributed by atoms with Crippen LogP contribution in [-0.2, 0) is 4.74 Å². The summed E-state index contributed by atoms with van der Waals surface area (Å²) in [5.74, 6) is -0.520. The van der Waals surface area contributed by atoms with Crippen molar-refractivity contribution in [1.29, 1.82) is 0 Å². The molecule has 1 N–H and O–H groups in total. The number of aromatic nitrogens is 1. The predicted molar refractivity (Wildman–Crippen MR) is 79.1 cm³/mol. The molecule has 1 amide bonds. The molecule has 6 heteroatoms. The van der Waals surface area contributed by atoms with Crippen LogP contribution in [0.1, 0.15) is 5.56 Å². The third-order valence-corrected chi connectivity index (χ3v) is 3.64. The fraction of sp³-hybridized carbons (Fsp3) is 0.250. The Morgan fingerprint density at radius 3 is 2.82 bits per heavy atom. The van der Waals surface area contributed by atoms with E-state index in [1.807, 2.05) is 19.1 Å². The maximum atomic E-state index is 12.9. The first-order valence-corrected chi connectivity index (χ1v) is 6.90. The summed E-state index contributed by atoms with van der Waals surface area (Å²) in [7, 11) is 0. The smallest absolute Gasteiger partial charge is 0.414 e. The second-order valence-electron chi connectivity index (χ2n) is 5.17. The van der Waals surface area contributed by atoms with Gasteiger partial charge in [-0.2, -0.15) is 4.39 Å². The Bertz CT molecular complexity index is 703. The van der Waals surface area contributed by atoms with Crippen molar-refractivity contribution in [3.8, 4) is 11.1 Å². The van der Waals surface area contributed by atoms with Gasteiger partial charge < -0.3 is 9.84 Å². The number of hydrogen-bond acceptors (Lipinski definition) is 4. The summed E-state index contributed by atoms with van der Waals surface area (Å²) in [6.45, 7) is 2.04. The number of pyridine rings is 1. The van der Waals surface area contributed by atoms with Crippen LogP contribution in [0.2, 0.25) is 0 Å². The lowest BCUT2D eigenvalue weighted by molar-refractivity contribution is 0.0963. The first kappa shape index (κ1) is 14.5. The zero-order chi connectivity index (χ0) is 15.7. The quantitative estimate of drug-likeness (QED) is 0.885. The lowest BCUT2D eigenvalue weighted by atomic mass is 10.0. The van der Waals surface area contributed by atoms with Crippen LogP contribution in [0.4, 0.5) is 14.9 Å². The van der Waals surface area contributed by atoms with Crippen LogP contribution < -0.4 is 4.90 Å². The highest BCUT2D eigenvalue weighted by molar-refractivity contribution is 5.90. The molecule has 22 heavy (non-hydrogen) atoms. The zero-order valence-corrected chi connectivity index (χ0v) is 12.0. The van der Waals surface area contributed by atoms with Crippen LogP contribution >= 0.6 is 0 Å². The van der Waals surface area contributed by atoms with Gasteiger partial charge in [-0.3, -0.25) is 4.90 Å². The number of halogens is 1. The van der Waals surface area contributed by atoms with E-state index in [1.54, 1.807) is 12.1 Å². The molecule has 1 aromatic heterocycles. The molecule has 1 unspecified atom stereocenters. The summed E-state index contributed by atoms with van der Waals surface area (Å²) >= 11 is 0. The lowest BCUT2D eigenvalue weighted by Gasteiger charge is -2.15. The van der Waals surface area contributed by atoms with Gasteiger partial charge in [-0.25, -0.2) is 9.78 Å². The third-order valence-electron chi connectivity index (χ3n) is 3.64. The number of benzene rings is 1. The van der Waals surface area contributed by atoms with E-state index in [2.05, 4.69) is 4.98 Å². The van der Waals surface area contributed by atoms with Gasteiger partial charge in [0.15, 0.2) is 0 Å². The minimum atomic E-state index is -0.520. The van der Waals surface area contributed by atoms with E-state index in [0.29, 0.717) is 12.2 Å². The molecule has 1 aromatic carbocycles. The van der Waals surface area contributed by atoms with Gasteiger partial charge in [0.1, 0.15) is 6.10 Å². The highest BCUT2D eigenvalue weighted by atomic mass is 19.1. The molecule has 0 spiro atoms. The van der Waals surface area contributed by atoms with Crippen molar-refractivity contribution in [3.05, 3.63) is 48.0 Å². The third kappa shape index (κ3) is 2.65. The molecule has 1 aliphatic rings. The molecule has 2 heterocycles. The molecule has 0 aliphatic carbocycles. The summed E-state index contributed by atoms with van der Waals surface area (Å²) < 4.78 is 17.9. The fourth-order valence-electron chi connectivity index (χ4n) is 2.50. The van der Waals surface area contributed by atoms with Gasteiger partial charge in [0.2, 0.25) is 5.95 Å². The number of anilines is 1. The van der Waals surface area contributed by atoms with Crippen molar-refractivity contribution < 1.29 is 19.0 Å². The fourth-order valence-corrected chi connectivity index (χ4v) is 2.50. The van der Waals surface area contributed by atoms with Gasteiger partial charge in [0, 0.05) is 17.4 Å². The van der Waals surface area contributed by atoms with Crippen LogP contribution in [0.5, 0.6) is 0 Å². The molecule has 1 fully saturated rings. The van der Waals surface area contributed by atoms with Gasteiger partial charge in [-0.05, 0) is 42.3 Å². The maximum Gasteiger partial charge on any atom is 0.414 e. The molecule has 2 aromatic rings. The standard InChI is InChI=1S/C16H15FN2O3/c1-10-6-12(19-8-13(9-20)22-16(19)21)3-4-14(10)11-2-5-15(17)18-7-11/h2-7,13,20H,8-9H2,1H3. The second kappa shape index (κ2) is 5.73. The number of ether oxygens (including phenoxy) is 1. The minimum absolute atomic E-state index is 0.194. The van der Waals surface area contributed by atoms with Crippen molar-refractivity contribution in [2.45, 2.75) is 13.0 Å². The molecule has 0 saturated carbocycles. The van der Waals surface area contributed by atoms with Crippen LogP contribution in [-0.4, -0.2) is 35.4 Å². The van der Waals surface area contributed by atoms with E-state index in [1.165, 1.54) is 17.2 Å². The number of rotatable bonds is 3. The van der Waals surface area contributed by atoms with Crippen LogP contribution in [0.3, 0.4) is 0 Å². The van der Waals surface area contributed by atoms with E-state index in [9.17, 15) is 9.18 Å². The monoisotopic (exact) mass is 302 g/mol. The molecule has 1 aliphatic heterocycles. The van der Waals surface area contributed by atoms with E-state index >= 15 is 0 Å².